The van der Waals surface area contributed by atoms with E-state index < -0.39 is 5.92 Å². The second-order valence-electron chi connectivity index (χ2n) is 8.17. The van der Waals surface area contributed by atoms with Gasteiger partial charge in [-0.25, -0.2) is 19.0 Å². The van der Waals surface area contributed by atoms with E-state index in [0.717, 1.165) is 11.1 Å². The zero-order valence-corrected chi connectivity index (χ0v) is 18.0. The van der Waals surface area contributed by atoms with Crippen molar-refractivity contribution in [2.75, 3.05) is 26.0 Å². The van der Waals surface area contributed by atoms with Crippen LogP contribution < -0.4 is 10.4 Å². The molecule has 3 aromatic rings. The molecule has 0 aromatic carbocycles. The van der Waals surface area contributed by atoms with Gasteiger partial charge in [-0.05, 0) is 11.5 Å². The second kappa shape index (κ2) is 7.38. The third-order valence-electron chi connectivity index (χ3n) is 4.94. The normalized spacial score (nSPS) is 13.7. The molecule has 0 aliphatic rings. The monoisotopic (exact) mass is 398 g/mol. The number of hydrogen-bond donors (Lipinski definition) is 0. The van der Waals surface area contributed by atoms with Crippen LogP contribution >= 0.6 is 0 Å². The van der Waals surface area contributed by atoms with Crippen molar-refractivity contribution in [2.45, 2.75) is 39.0 Å². The molecule has 0 N–H and O–H groups in total. The summed E-state index contributed by atoms with van der Waals surface area (Å²) in [5, 5.41) is 8.37. The highest BCUT2D eigenvalue weighted by atomic mass is 19.1. The fourth-order valence-corrected chi connectivity index (χ4v) is 3.48. The fraction of sp³-hybridized carbons (Fsp3) is 0.450. The predicted molar refractivity (Wildman–Crippen MR) is 112 cm³/mol. The number of aromatic nitrogens is 5. The van der Waals surface area contributed by atoms with Crippen LogP contribution in [0.5, 0.6) is 0 Å². The molecule has 29 heavy (non-hydrogen) atoms. The van der Waals surface area contributed by atoms with E-state index in [1.165, 1.54) is 11.0 Å². The third-order valence-corrected chi connectivity index (χ3v) is 4.94. The van der Waals surface area contributed by atoms with Gasteiger partial charge in [0.1, 0.15) is 12.1 Å². The Morgan fingerprint density at radius 2 is 1.93 bits per heavy atom. The summed E-state index contributed by atoms with van der Waals surface area (Å²) in [6.07, 6.45) is 3.17. The molecule has 154 valence electrons. The lowest BCUT2D eigenvalue weighted by molar-refractivity contribution is 0.514. The van der Waals surface area contributed by atoms with E-state index in [2.05, 4.69) is 31.9 Å². The summed E-state index contributed by atoms with van der Waals surface area (Å²) >= 11 is 0. The molecule has 0 bridgehead atoms. The van der Waals surface area contributed by atoms with Crippen LogP contribution in [0, 0.1) is 5.82 Å². The minimum absolute atomic E-state index is 0.306. The van der Waals surface area contributed by atoms with E-state index in [0.29, 0.717) is 22.8 Å². The molecule has 0 saturated heterocycles. The molecule has 0 aliphatic carbocycles. The van der Waals surface area contributed by atoms with E-state index in [1.54, 1.807) is 23.8 Å². The molecule has 3 rings (SSSR count). The summed E-state index contributed by atoms with van der Waals surface area (Å²) < 4.78 is 18.5. The molecule has 0 amide bonds. The summed E-state index contributed by atoms with van der Waals surface area (Å²) in [7, 11) is 5.42. The molecular formula is C20H27FN8. The van der Waals surface area contributed by atoms with Crippen molar-refractivity contribution in [3.8, 4) is 0 Å². The van der Waals surface area contributed by atoms with Crippen LogP contribution in [0.15, 0.2) is 28.7 Å². The summed E-state index contributed by atoms with van der Waals surface area (Å²) in [5.74, 6) is -0.155. The lowest BCUT2D eigenvalue weighted by atomic mass is 9.86. The van der Waals surface area contributed by atoms with Crippen molar-refractivity contribution in [1.29, 1.82) is 0 Å². The predicted octanol–water partition coefficient (Wildman–Crippen LogP) is 2.57. The Hall–Kier alpha value is -3.10. The van der Waals surface area contributed by atoms with Gasteiger partial charge in [-0.15, -0.1) is 0 Å². The summed E-state index contributed by atoms with van der Waals surface area (Å²) in [6.45, 7) is 11.6. The SMILES string of the molecule is C=Nn1c(C(C)c2cnc(N(C)C)n3ncnc23)c(F)cc(C(C)(C)C)c1=NC. The van der Waals surface area contributed by atoms with Gasteiger partial charge in [-0.2, -0.15) is 14.7 Å². The lowest BCUT2D eigenvalue weighted by Crippen LogP contribution is -2.33. The second-order valence-corrected chi connectivity index (χ2v) is 8.17. The van der Waals surface area contributed by atoms with Crippen LogP contribution in [0.25, 0.3) is 5.65 Å². The number of fused-ring (bicyclic) bond motifs is 1. The maximum atomic E-state index is 15.4. The number of anilines is 1. The molecule has 1 atom stereocenters. The first kappa shape index (κ1) is 20.6. The molecule has 3 aromatic heterocycles. The van der Waals surface area contributed by atoms with Gasteiger partial charge in [0.2, 0.25) is 5.95 Å². The van der Waals surface area contributed by atoms with Crippen molar-refractivity contribution in [3.05, 3.63) is 46.7 Å². The Morgan fingerprint density at radius 1 is 1.24 bits per heavy atom. The minimum atomic E-state index is -0.412. The van der Waals surface area contributed by atoms with Gasteiger partial charge >= 0.3 is 0 Å². The van der Waals surface area contributed by atoms with E-state index in [4.69, 9.17) is 0 Å². The molecule has 0 aliphatic heterocycles. The van der Waals surface area contributed by atoms with Crippen molar-refractivity contribution in [1.82, 2.24) is 24.3 Å². The number of pyridine rings is 1. The number of hydrogen-bond acceptors (Lipinski definition) is 6. The molecule has 0 radical (unpaired) electrons. The number of nitrogens with zero attached hydrogens (tertiary/aromatic N) is 8. The lowest BCUT2D eigenvalue weighted by Gasteiger charge is -2.24. The molecule has 1 unspecified atom stereocenters. The molecule has 9 heteroatoms. The Labute approximate surface area is 169 Å². The summed E-state index contributed by atoms with van der Waals surface area (Å²) in [4.78, 5) is 15.1. The highest BCUT2D eigenvalue weighted by Crippen LogP contribution is 2.30. The van der Waals surface area contributed by atoms with E-state index in [-0.39, 0.29) is 11.2 Å². The summed E-state index contributed by atoms with van der Waals surface area (Å²) in [5.41, 5.74) is 2.72. The largest absolute Gasteiger partial charge is 0.347 e. The smallest absolute Gasteiger partial charge is 0.228 e. The number of halogens is 1. The van der Waals surface area contributed by atoms with Crippen molar-refractivity contribution < 1.29 is 4.39 Å². The fourth-order valence-electron chi connectivity index (χ4n) is 3.48. The molecule has 0 spiro atoms. The summed E-state index contributed by atoms with van der Waals surface area (Å²) in [6, 6.07) is 1.54. The first-order chi connectivity index (χ1) is 13.6. The maximum Gasteiger partial charge on any atom is 0.228 e. The van der Waals surface area contributed by atoms with Crippen molar-refractivity contribution >= 4 is 18.3 Å². The highest BCUT2D eigenvalue weighted by molar-refractivity contribution is 5.54. The van der Waals surface area contributed by atoms with Crippen molar-refractivity contribution in [3.63, 3.8) is 0 Å². The van der Waals surface area contributed by atoms with Crippen LogP contribution in [-0.4, -0.2) is 52.1 Å². The van der Waals surface area contributed by atoms with Crippen molar-refractivity contribution in [2.24, 2.45) is 10.1 Å². The van der Waals surface area contributed by atoms with Gasteiger partial charge in [-0.3, -0.25) is 4.99 Å². The van der Waals surface area contributed by atoms with E-state index >= 15 is 4.39 Å². The molecule has 0 fully saturated rings. The highest BCUT2D eigenvalue weighted by Gasteiger charge is 2.27. The molecule has 8 nitrogen and oxygen atoms in total. The van der Waals surface area contributed by atoms with Gasteiger partial charge in [0.05, 0.1) is 5.69 Å². The average molecular weight is 398 g/mol. The quantitative estimate of drug-likeness (QED) is 0.633. The standard InChI is InChI=1S/C20H27FN8/c1-12(13-10-24-19(27(7)8)29-17(13)25-11-26-29)16-15(21)9-14(20(2,3)4)18(22-5)28(16)23-6/h9-12H,6H2,1-5,7-8H3. The average Bonchev–Trinajstić information content (AvgIpc) is 3.14. The zero-order valence-electron chi connectivity index (χ0n) is 18.0. The van der Waals surface area contributed by atoms with Gasteiger partial charge in [0.25, 0.3) is 0 Å². The van der Waals surface area contributed by atoms with Crippen LogP contribution in [-0.2, 0) is 5.41 Å². The Bertz CT molecular complexity index is 1130. The topological polar surface area (TPSA) is 76.0 Å². The molecule has 0 saturated carbocycles. The maximum absolute atomic E-state index is 15.4. The van der Waals surface area contributed by atoms with Crippen LogP contribution in [0.3, 0.4) is 0 Å². The Balaban J connectivity index is 2.30. The molecular weight excluding hydrogens is 371 g/mol. The van der Waals surface area contributed by atoms with E-state index in [1.807, 2.05) is 46.7 Å². The zero-order chi connectivity index (χ0) is 21.5. The van der Waals surface area contributed by atoms with E-state index in [9.17, 15) is 0 Å². The van der Waals surface area contributed by atoms with Gasteiger partial charge in [0, 0.05) is 51.1 Å². The Morgan fingerprint density at radius 3 is 2.48 bits per heavy atom. The van der Waals surface area contributed by atoms with Gasteiger partial charge in [0.15, 0.2) is 11.1 Å². The van der Waals surface area contributed by atoms with Gasteiger partial charge in [-0.1, -0.05) is 27.7 Å². The van der Waals surface area contributed by atoms with Crippen LogP contribution in [0.2, 0.25) is 0 Å². The third kappa shape index (κ3) is 3.41. The number of rotatable bonds is 4. The van der Waals surface area contributed by atoms with Gasteiger partial charge < -0.3 is 4.90 Å². The van der Waals surface area contributed by atoms with Crippen LogP contribution in [0.1, 0.15) is 50.4 Å². The minimum Gasteiger partial charge on any atom is -0.347 e. The molecule has 3 heterocycles. The first-order valence-corrected chi connectivity index (χ1v) is 9.33. The van der Waals surface area contributed by atoms with Crippen LogP contribution in [0.4, 0.5) is 10.3 Å². The Kier molecular flexibility index (Phi) is 5.25. The first-order valence-electron chi connectivity index (χ1n) is 9.33.